The first-order valence-electron chi connectivity index (χ1n) is 7.75. The lowest BCUT2D eigenvalue weighted by atomic mass is 10.1. The van der Waals surface area contributed by atoms with E-state index >= 15 is 0 Å². The second kappa shape index (κ2) is 4.99. The summed E-state index contributed by atoms with van der Waals surface area (Å²) in [5, 5.41) is 2.27. The number of hydrogen-bond donors (Lipinski definition) is 1. The minimum atomic E-state index is -2.70. The van der Waals surface area contributed by atoms with Gasteiger partial charge in [0, 0.05) is 32.1 Å². The number of amides is 3. The van der Waals surface area contributed by atoms with Gasteiger partial charge in [0.05, 0.1) is 5.92 Å². The molecule has 3 aliphatic rings. The van der Waals surface area contributed by atoms with Crippen molar-refractivity contribution < 1.29 is 18.4 Å². The van der Waals surface area contributed by atoms with Crippen LogP contribution in [0.15, 0.2) is 30.3 Å². The van der Waals surface area contributed by atoms with Gasteiger partial charge in [-0.25, -0.2) is 13.6 Å². The number of piperazine rings is 1. The van der Waals surface area contributed by atoms with E-state index in [1.165, 1.54) is 4.90 Å². The van der Waals surface area contributed by atoms with Gasteiger partial charge in [-0.3, -0.25) is 15.0 Å². The number of benzene rings is 1. The molecule has 2 heterocycles. The third-order valence-electron chi connectivity index (χ3n) is 5.07. The van der Waals surface area contributed by atoms with Gasteiger partial charge in [0.15, 0.2) is 0 Å². The van der Waals surface area contributed by atoms with Crippen LogP contribution in [0.2, 0.25) is 0 Å². The number of nitrogens with one attached hydrogen (secondary N) is 1. The average molecular weight is 321 g/mol. The van der Waals surface area contributed by atoms with Crippen molar-refractivity contribution in [3.05, 3.63) is 35.9 Å². The molecule has 3 atom stereocenters. The summed E-state index contributed by atoms with van der Waals surface area (Å²) in [5.41, 5.74) is 0.662. The highest BCUT2D eigenvalue weighted by Gasteiger charge is 2.68. The van der Waals surface area contributed by atoms with E-state index in [4.69, 9.17) is 0 Å². The molecule has 23 heavy (non-hydrogen) atoms. The lowest BCUT2D eigenvalue weighted by molar-refractivity contribution is -0.122. The molecule has 2 aliphatic heterocycles. The highest BCUT2D eigenvalue weighted by molar-refractivity contribution is 6.04. The Labute approximate surface area is 132 Å². The summed E-state index contributed by atoms with van der Waals surface area (Å²) in [4.78, 5) is 26.6. The lowest BCUT2D eigenvalue weighted by Crippen LogP contribution is -2.53. The number of carbonyl (C=O) groups excluding carboxylic acids is 2. The monoisotopic (exact) mass is 321 g/mol. The van der Waals surface area contributed by atoms with Crippen LogP contribution in [-0.4, -0.2) is 59.9 Å². The van der Waals surface area contributed by atoms with Crippen LogP contribution < -0.4 is 5.32 Å². The van der Waals surface area contributed by atoms with Gasteiger partial charge in [-0.2, -0.15) is 0 Å². The van der Waals surface area contributed by atoms with E-state index in [0.717, 1.165) is 0 Å². The Kier molecular flexibility index (Phi) is 3.16. The van der Waals surface area contributed by atoms with Gasteiger partial charge in [0.1, 0.15) is 6.04 Å². The molecule has 3 amide bonds. The minimum absolute atomic E-state index is 0.248. The third-order valence-corrected chi connectivity index (χ3v) is 5.07. The van der Waals surface area contributed by atoms with Gasteiger partial charge in [-0.1, -0.05) is 30.3 Å². The normalized spacial score (nSPS) is 32.6. The molecular weight excluding hydrogens is 304 g/mol. The lowest BCUT2D eigenvalue weighted by Gasteiger charge is -2.35. The van der Waals surface area contributed by atoms with Crippen LogP contribution >= 0.6 is 0 Å². The van der Waals surface area contributed by atoms with Crippen LogP contribution in [-0.2, 0) is 4.79 Å². The first-order valence-corrected chi connectivity index (χ1v) is 7.75. The van der Waals surface area contributed by atoms with Crippen LogP contribution in [0.25, 0.3) is 0 Å². The Morgan fingerprint density at radius 2 is 1.91 bits per heavy atom. The van der Waals surface area contributed by atoms with Crippen molar-refractivity contribution in [2.75, 3.05) is 26.2 Å². The maximum absolute atomic E-state index is 14.1. The van der Waals surface area contributed by atoms with Gasteiger partial charge in [-0.05, 0) is 5.56 Å². The van der Waals surface area contributed by atoms with Crippen molar-refractivity contribution >= 4 is 11.9 Å². The molecule has 0 bridgehead atoms. The van der Waals surface area contributed by atoms with Crippen molar-refractivity contribution in [2.45, 2.75) is 17.9 Å². The average Bonchev–Trinajstić information content (AvgIpc) is 2.94. The Morgan fingerprint density at radius 1 is 1.17 bits per heavy atom. The van der Waals surface area contributed by atoms with E-state index in [-0.39, 0.29) is 18.5 Å². The SMILES string of the molecule is O=C1NC(=O)N2CCN(C[C@H]3[C@H](c4ccccc4)C3(F)F)CC12. The molecule has 1 N–H and O–H groups in total. The fourth-order valence-corrected chi connectivity index (χ4v) is 3.74. The summed E-state index contributed by atoms with van der Waals surface area (Å²) >= 11 is 0. The molecular formula is C16H17F2N3O2. The highest BCUT2D eigenvalue weighted by atomic mass is 19.3. The zero-order chi connectivity index (χ0) is 16.2. The molecule has 5 nitrogen and oxygen atoms in total. The molecule has 1 aromatic carbocycles. The second-order valence-corrected chi connectivity index (χ2v) is 6.43. The van der Waals surface area contributed by atoms with Crippen LogP contribution in [0, 0.1) is 5.92 Å². The van der Waals surface area contributed by atoms with Gasteiger partial charge >= 0.3 is 6.03 Å². The number of rotatable bonds is 3. The number of carbonyl (C=O) groups is 2. The summed E-state index contributed by atoms with van der Waals surface area (Å²) in [6, 6.07) is 7.91. The molecule has 0 spiro atoms. The van der Waals surface area contributed by atoms with Crippen LogP contribution in [0.5, 0.6) is 0 Å². The highest BCUT2D eigenvalue weighted by Crippen LogP contribution is 2.61. The quantitative estimate of drug-likeness (QED) is 0.853. The molecule has 3 fully saturated rings. The number of alkyl halides is 2. The van der Waals surface area contributed by atoms with Crippen molar-refractivity contribution in [2.24, 2.45) is 5.92 Å². The molecule has 1 aliphatic carbocycles. The number of halogens is 2. The number of hydrogen-bond acceptors (Lipinski definition) is 3. The number of urea groups is 1. The van der Waals surface area contributed by atoms with Crippen molar-refractivity contribution in [1.82, 2.24) is 15.1 Å². The predicted octanol–water partition coefficient (Wildman–Crippen LogP) is 1.27. The Balaban J connectivity index is 1.43. The number of fused-ring (bicyclic) bond motifs is 1. The van der Waals surface area contributed by atoms with E-state index in [9.17, 15) is 18.4 Å². The maximum atomic E-state index is 14.1. The van der Waals surface area contributed by atoms with E-state index < -0.39 is 23.8 Å². The Morgan fingerprint density at radius 3 is 2.65 bits per heavy atom. The van der Waals surface area contributed by atoms with Gasteiger partial charge < -0.3 is 4.90 Å². The smallest absolute Gasteiger partial charge is 0.310 e. The van der Waals surface area contributed by atoms with Crippen molar-refractivity contribution in [3.8, 4) is 0 Å². The first kappa shape index (κ1) is 14.6. The molecule has 7 heteroatoms. The van der Waals surface area contributed by atoms with E-state index in [1.54, 1.807) is 24.3 Å². The molecule has 0 radical (unpaired) electrons. The van der Waals surface area contributed by atoms with Gasteiger partial charge in [0.2, 0.25) is 0 Å². The molecule has 0 aromatic heterocycles. The molecule has 1 unspecified atom stereocenters. The molecule has 122 valence electrons. The van der Waals surface area contributed by atoms with E-state index in [1.807, 2.05) is 11.0 Å². The summed E-state index contributed by atoms with van der Waals surface area (Å²) in [6.45, 7) is 1.49. The van der Waals surface area contributed by atoms with Crippen molar-refractivity contribution in [3.63, 3.8) is 0 Å². The third kappa shape index (κ3) is 2.30. The maximum Gasteiger partial charge on any atom is 0.324 e. The zero-order valence-electron chi connectivity index (χ0n) is 12.4. The van der Waals surface area contributed by atoms with Crippen LogP contribution in [0.4, 0.5) is 13.6 Å². The molecule has 2 saturated heterocycles. The van der Waals surface area contributed by atoms with Gasteiger partial charge in [0.25, 0.3) is 11.8 Å². The van der Waals surface area contributed by atoms with Crippen LogP contribution in [0.3, 0.4) is 0 Å². The summed E-state index contributed by atoms with van der Waals surface area (Å²) < 4.78 is 28.3. The largest absolute Gasteiger partial charge is 0.324 e. The fraction of sp³-hybridized carbons (Fsp3) is 0.500. The fourth-order valence-electron chi connectivity index (χ4n) is 3.74. The van der Waals surface area contributed by atoms with Crippen molar-refractivity contribution in [1.29, 1.82) is 0 Å². The number of nitrogens with zero attached hydrogens (tertiary/aromatic N) is 2. The molecule has 1 saturated carbocycles. The van der Waals surface area contributed by atoms with Crippen LogP contribution in [0.1, 0.15) is 11.5 Å². The number of imide groups is 1. The zero-order valence-corrected chi connectivity index (χ0v) is 12.4. The standard InChI is InChI=1S/C16H17F2N3O2/c17-16(18)11(13(16)10-4-2-1-3-5-10)8-20-6-7-21-12(9-20)14(22)19-15(21)23/h1-5,11-13H,6-9H2,(H,19,22,23)/t11-,12?,13-/m0/s1. The predicted molar refractivity (Wildman–Crippen MR) is 78.1 cm³/mol. The van der Waals surface area contributed by atoms with E-state index in [0.29, 0.717) is 25.2 Å². The second-order valence-electron chi connectivity index (χ2n) is 6.43. The Bertz CT molecular complexity index is 652. The Hall–Kier alpha value is -2.02. The van der Waals surface area contributed by atoms with Gasteiger partial charge in [-0.15, -0.1) is 0 Å². The van der Waals surface area contributed by atoms with E-state index in [2.05, 4.69) is 5.32 Å². The topological polar surface area (TPSA) is 52.7 Å². The summed E-state index contributed by atoms with van der Waals surface area (Å²) in [6.07, 6.45) is 0. The first-order chi connectivity index (χ1) is 11.0. The molecule has 4 rings (SSSR count). The minimum Gasteiger partial charge on any atom is -0.310 e. The molecule has 1 aromatic rings. The summed E-state index contributed by atoms with van der Waals surface area (Å²) in [5.74, 6) is -4.51. The summed E-state index contributed by atoms with van der Waals surface area (Å²) in [7, 11) is 0.